The molecule has 2 N–H and O–H groups in total. The van der Waals surface area contributed by atoms with Gasteiger partial charge in [0.25, 0.3) is 5.91 Å². The lowest BCUT2D eigenvalue weighted by Crippen LogP contribution is -2.61. The number of nitrogens with zero attached hydrogens (tertiary/aromatic N) is 2. The number of phenolic OH excluding ortho intramolecular Hbond substituents is 1. The third kappa shape index (κ3) is 8.45. The number of phenols is 1. The molecule has 3 aromatic rings. The summed E-state index contributed by atoms with van der Waals surface area (Å²) in [5.41, 5.74) is 0.254. The van der Waals surface area contributed by atoms with Crippen LogP contribution in [-0.4, -0.2) is 81.3 Å². The number of rotatable bonds is 9. The van der Waals surface area contributed by atoms with Gasteiger partial charge in [0.15, 0.2) is 29.5 Å². The summed E-state index contributed by atoms with van der Waals surface area (Å²) in [4.78, 5) is 69.2. The Balaban J connectivity index is 1.56. The first-order valence-corrected chi connectivity index (χ1v) is 14.5. The molecule has 1 aliphatic heterocycles. The van der Waals surface area contributed by atoms with E-state index in [1.54, 1.807) is 37.3 Å². The van der Waals surface area contributed by atoms with Gasteiger partial charge < -0.3 is 34.1 Å². The van der Waals surface area contributed by atoms with Crippen LogP contribution in [0.25, 0.3) is 10.9 Å². The van der Waals surface area contributed by atoms with Gasteiger partial charge in [0.2, 0.25) is 0 Å². The number of benzene rings is 1. The number of ether oxygens (including phenoxy) is 5. The van der Waals surface area contributed by atoms with Gasteiger partial charge in [0, 0.05) is 38.8 Å². The Morgan fingerprint density at radius 1 is 0.867 bits per heavy atom. The summed E-state index contributed by atoms with van der Waals surface area (Å²) in [6.07, 6.45) is -3.58. The Morgan fingerprint density at radius 2 is 1.51 bits per heavy atom. The molecule has 5 atom stereocenters. The van der Waals surface area contributed by atoms with Gasteiger partial charge in [-0.15, -0.1) is 0 Å². The molecule has 1 fully saturated rings. The molecule has 3 heterocycles. The zero-order valence-electron chi connectivity index (χ0n) is 25.0. The fraction of sp³-hybridized carbons (Fsp3) is 0.367. The Kier molecular flexibility index (Phi) is 10.6. The van der Waals surface area contributed by atoms with Crippen molar-refractivity contribution < 1.29 is 52.8 Å². The number of esters is 4. The van der Waals surface area contributed by atoms with Crippen molar-refractivity contribution in [2.24, 2.45) is 0 Å². The number of thioether (sulfide) groups is 1. The molecule has 0 unspecified atom stereocenters. The number of pyridine rings is 2. The molecule has 0 saturated carbocycles. The number of carbonyl (C=O) groups excluding carboxylic acids is 5. The molecule has 0 radical (unpaired) electrons. The van der Waals surface area contributed by atoms with Crippen LogP contribution in [0.2, 0.25) is 0 Å². The first kappa shape index (κ1) is 33.1. The van der Waals surface area contributed by atoms with Crippen molar-refractivity contribution in [1.29, 1.82) is 0 Å². The van der Waals surface area contributed by atoms with E-state index in [4.69, 9.17) is 23.7 Å². The highest BCUT2D eigenvalue weighted by Gasteiger charge is 2.52. The quantitative estimate of drug-likeness (QED) is 0.256. The van der Waals surface area contributed by atoms with Crippen LogP contribution in [0.4, 0.5) is 5.69 Å². The summed E-state index contributed by atoms with van der Waals surface area (Å²) in [5, 5.41) is 14.4. The van der Waals surface area contributed by atoms with Crippen molar-refractivity contribution in [3.8, 4) is 5.75 Å². The maximum atomic E-state index is 13.0. The number of aromatic nitrogens is 2. The van der Waals surface area contributed by atoms with E-state index in [1.165, 1.54) is 19.2 Å². The molecule has 2 aromatic heterocycles. The Labute approximate surface area is 261 Å². The van der Waals surface area contributed by atoms with Crippen molar-refractivity contribution in [2.45, 2.75) is 69.5 Å². The molecule has 0 bridgehead atoms. The van der Waals surface area contributed by atoms with Crippen LogP contribution < -0.4 is 5.32 Å². The van der Waals surface area contributed by atoms with E-state index in [0.29, 0.717) is 27.3 Å². The Hall–Kier alpha value is -4.76. The van der Waals surface area contributed by atoms with Crippen LogP contribution in [0.3, 0.4) is 0 Å². The first-order chi connectivity index (χ1) is 21.3. The summed E-state index contributed by atoms with van der Waals surface area (Å²) < 4.78 is 27.5. The molecule has 1 amide bonds. The van der Waals surface area contributed by atoms with Crippen LogP contribution in [0, 0.1) is 6.92 Å². The normalized spacial score (nSPS) is 21.0. The predicted molar refractivity (Wildman–Crippen MR) is 158 cm³/mol. The van der Waals surface area contributed by atoms with Crippen molar-refractivity contribution in [3.63, 3.8) is 0 Å². The van der Waals surface area contributed by atoms with E-state index in [9.17, 15) is 29.1 Å². The summed E-state index contributed by atoms with van der Waals surface area (Å²) in [5.74, 6) is -3.66. The van der Waals surface area contributed by atoms with E-state index in [0.717, 1.165) is 32.5 Å². The molecule has 1 aromatic carbocycles. The number of hydrogen-bond acceptors (Lipinski definition) is 14. The van der Waals surface area contributed by atoms with Gasteiger partial charge in [-0.25, -0.2) is 9.97 Å². The van der Waals surface area contributed by atoms with E-state index in [-0.39, 0.29) is 17.9 Å². The highest BCUT2D eigenvalue weighted by Crippen LogP contribution is 2.37. The Bertz CT molecular complexity index is 1610. The second-order valence-electron chi connectivity index (χ2n) is 10.0. The van der Waals surface area contributed by atoms with Gasteiger partial charge >= 0.3 is 23.9 Å². The smallest absolute Gasteiger partial charge is 0.303 e. The number of amides is 1. The molecule has 1 aliphatic rings. The first-order valence-electron chi connectivity index (χ1n) is 13.7. The lowest BCUT2D eigenvalue weighted by atomic mass is 9.99. The summed E-state index contributed by atoms with van der Waals surface area (Å²) in [6.45, 7) is 6.03. The van der Waals surface area contributed by atoms with Crippen LogP contribution in [0.1, 0.15) is 43.7 Å². The molecule has 4 rings (SSSR count). The maximum absolute atomic E-state index is 13.0. The number of aryl methyl sites for hydroxylation is 1. The minimum atomic E-state index is -1.31. The monoisotopic (exact) mass is 641 g/mol. The molecule has 0 spiro atoms. The van der Waals surface area contributed by atoms with Gasteiger partial charge in [0.1, 0.15) is 18.2 Å². The lowest BCUT2D eigenvalue weighted by Gasteiger charge is -2.44. The van der Waals surface area contributed by atoms with Gasteiger partial charge in [-0.05, 0) is 31.2 Å². The third-order valence-electron chi connectivity index (χ3n) is 6.40. The molecule has 14 nitrogen and oxygen atoms in total. The lowest BCUT2D eigenvalue weighted by molar-refractivity contribution is -0.237. The minimum absolute atomic E-state index is 0.0246. The predicted octanol–water partition coefficient (Wildman–Crippen LogP) is 3.07. The number of anilines is 1. The van der Waals surface area contributed by atoms with Crippen molar-refractivity contribution in [3.05, 3.63) is 53.9 Å². The topological polar surface area (TPSA) is 190 Å². The van der Waals surface area contributed by atoms with Gasteiger partial charge in [-0.2, -0.15) is 0 Å². The van der Waals surface area contributed by atoms with Gasteiger partial charge in [-0.1, -0.05) is 23.9 Å². The molecule has 0 aliphatic carbocycles. The molecule has 45 heavy (non-hydrogen) atoms. The molecular weight excluding hydrogens is 610 g/mol. The SMILES string of the molecule is CC(=O)OC[C@H]1O[C@@H](Sc2ccc(NC(=O)c3ccc4ccc(C)nc4c3O)cn2)[C@H](OC(C)=O)[C@@H](OC(C)=O)[C@@H]1OC(C)=O. The van der Waals surface area contributed by atoms with Crippen molar-refractivity contribution in [2.75, 3.05) is 11.9 Å². The average Bonchev–Trinajstić information content (AvgIpc) is 2.96. The standard InChI is InChI=1S/C30H31N3O11S/c1-14-6-7-19-8-10-21(25(38)24(19)32-14)29(39)33-20-9-11-23(31-12-20)45-30-28(43-18(5)37)27(42-17(4)36)26(41-16(3)35)22(44-30)13-40-15(2)34/h6-12,22,26-28,30,38H,13H2,1-5H3,(H,33,39)/t22-,26-,27+,28-,30+/m1/s1. The summed E-state index contributed by atoms with van der Waals surface area (Å²) >= 11 is 0.990. The van der Waals surface area contributed by atoms with E-state index in [2.05, 4.69) is 15.3 Å². The van der Waals surface area contributed by atoms with E-state index >= 15 is 0 Å². The minimum Gasteiger partial charge on any atom is -0.505 e. The number of carbonyl (C=O) groups is 5. The average molecular weight is 642 g/mol. The largest absolute Gasteiger partial charge is 0.505 e. The zero-order valence-corrected chi connectivity index (χ0v) is 25.8. The number of nitrogens with one attached hydrogen (secondary N) is 1. The second-order valence-corrected chi connectivity index (χ2v) is 11.1. The van der Waals surface area contributed by atoms with Crippen LogP contribution in [-0.2, 0) is 42.9 Å². The van der Waals surface area contributed by atoms with Gasteiger partial charge in [0.05, 0.1) is 22.5 Å². The third-order valence-corrected chi connectivity index (χ3v) is 7.49. The number of hydrogen-bond donors (Lipinski definition) is 2. The molecule has 238 valence electrons. The second kappa shape index (κ2) is 14.3. The number of aromatic hydroxyl groups is 1. The zero-order chi connectivity index (χ0) is 32.8. The van der Waals surface area contributed by atoms with Crippen molar-refractivity contribution >= 4 is 58.1 Å². The highest BCUT2D eigenvalue weighted by atomic mass is 32.2. The molecule has 1 saturated heterocycles. The fourth-order valence-electron chi connectivity index (χ4n) is 4.58. The van der Waals surface area contributed by atoms with Crippen LogP contribution in [0.5, 0.6) is 5.75 Å². The molecule has 15 heteroatoms. The van der Waals surface area contributed by atoms with E-state index in [1.807, 2.05) is 0 Å². The fourth-order valence-corrected chi connectivity index (χ4v) is 5.62. The van der Waals surface area contributed by atoms with Gasteiger partial charge in [-0.3, -0.25) is 24.0 Å². The maximum Gasteiger partial charge on any atom is 0.303 e. The van der Waals surface area contributed by atoms with E-state index < -0.39 is 59.6 Å². The summed E-state index contributed by atoms with van der Waals surface area (Å²) in [7, 11) is 0. The number of fused-ring (bicyclic) bond motifs is 1. The highest BCUT2D eigenvalue weighted by molar-refractivity contribution is 7.99. The van der Waals surface area contributed by atoms with Crippen LogP contribution in [0.15, 0.2) is 47.6 Å². The Morgan fingerprint density at radius 3 is 2.13 bits per heavy atom. The summed E-state index contributed by atoms with van der Waals surface area (Å²) in [6, 6.07) is 9.88. The van der Waals surface area contributed by atoms with Crippen molar-refractivity contribution in [1.82, 2.24) is 9.97 Å². The van der Waals surface area contributed by atoms with Crippen LogP contribution >= 0.6 is 11.8 Å². The molecular formula is C30H31N3O11S.